The molecule has 3 rings (SSSR count). The van der Waals surface area contributed by atoms with Crippen LogP contribution in [0.3, 0.4) is 0 Å². The fourth-order valence-electron chi connectivity index (χ4n) is 2.08. The zero-order valence-electron chi connectivity index (χ0n) is 10.7. The first-order chi connectivity index (χ1) is 9.78. The van der Waals surface area contributed by atoms with Gasteiger partial charge in [-0.25, -0.2) is 9.37 Å². The summed E-state index contributed by atoms with van der Waals surface area (Å²) in [5, 5.41) is 1.90. The molecule has 100 valence electrons. The number of fused-ring (bicyclic) bond motifs is 1. The lowest BCUT2D eigenvalue weighted by molar-refractivity contribution is 0.467. The molecule has 0 fully saturated rings. The fourth-order valence-corrected chi connectivity index (χ4v) is 2.08. The van der Waals surface area contributed by atoms with Crippen molar-refractivity contribution in [1.82, 2.24) is 4.98 Å². The first kappa shape index (κ1) is 12.6. The minimum Gasteiger partial charge on any atom is -0.438 e. The van der Waals surface area contributed by atoms with Gasteiger partial charge in [0, 0.05) is 18.1 Å². The maximum atomic E-state index is 12.9. The predicted molar refractivity (Wildman–Crippen MR) is 76.1 cm³/mol. The lowest BCUT2D eigenvalue weighted by Gasteiger charge is -2.10. The van der Waals surface area contributed by atoms with Gasteiger partial charge in [-0.1, -0.05) is 18.2 Å². The number of benzene rings is 2. The molecular weight excluding hydrogens is 255 g/mol. The van der Waals surface area contributed by atoms with Crippen LogP contribution in [0.5, 0.6) is 11.6 Å². The third-order valence-corrected chi connectivity index (χ3v) is 3.09. The summed E-state index contributed by atoms with van der Waals surface area (Å²) in [6, 6.07) is 13.6. The summed E-state index contributed by atoms with van der Waals surface area (Å²) < 4.78 is 18.6. The van der Waals surface area contributed by atoms with Crippen LogP contribution in [0, 0.1) is 5.82 Å². The van der Waals surface area contributed by atoms with Crippen LogP contribution < -0.4 is 10.5 Å². The van der Waals surface area contributed by atoms with E-state index in [-0.39, 0.29) is 5.82 Å². The minimum absolute atomic E-state index is 0.298. The van der Waals surface area contributed by atoms with E-state index in [1.807, 2.05) is 24.3 Å². The Morgan fingerprint density at radius 3 is 2.40 bits per heavy atom. The maximum Gasteiger partial charge on any atom is 0.227 e. The van der Waals surface area contributed by atoms with E-state index < -0.39 is 0 Å². The molecular formula is C16H13FN2O. The quantitative estimate of drug-likeness (QED) is 0.789. The highest BCUT2D eigenvalue weighted by molar-refractivity contribution is 5.89. The van der Waals surface area contributed by atoms with Crippen molar-refractivity contribution in [2.45, 2.75) is 6.54 Å². The van der Waals surface area contributed by atoms with Crippen molar-refractivity contribution in [1.29, 1.82) is 0 Å². The molecule has 0 unspecified atom stereocenters. The normalized spacial score (nSPS) is 10.7. The second-order valence-electron chi connectivity index (χ2n) is 4.39. The van der Waals surface area contributed by atoms with Gasteiger partial charge >= 0.3 is 0 Å². The molecule has 4 heteroatoms. The van der Waals surface area contributed by atoms with Gasteiger partial charge in [-0.3, -0.25) is 0 Å². The van der Waals surface area contributed by atoms with Crippen LogP contribution in [0.15, 0.2) is 54.7 Å². The van der Waals surface area contributed by atoms with Gasteiger partial charge in [-0.15, -0.1) is 0 Å². The third-order valence-electron chi connectivity index (χ3n) is 3.09. The summed E-state index contributed by atoms with van der Waals surface area (Å²) in [7, 11) is 0. The molecule has 0 radical (unpaired) electrons. The monoisotopic (exact) mass is 268 g/mol. The standard InChI is InChI=1S/C16H13FN2O/c17-12-5-7-13(8-6-12)20-16-15-4-2-1-3-14(15)11(9-18)10-19-16/h1-8,10H,9,18H2. The van der Waals surface area contributed by atoms with E-state index >= 15 is 0 Å². The number of aromatic nitrogens is 1. The Labute approximate surface area is 115 Å². The Balaban J connectivity index is 2.06. The zero-order valence-corrected chi connectivity index (χ0v) is 10.7. The van der Waals surface area contributed by atoms with E-state index in [4.69, 9.17) is 10.5 Å². The summed E-state index contributed by atoms with van der Waals surface area (Å²) >= 11 is 0. The van der Waals surface area contributed by atoms with Crippen molar-refractivity contribution in [3.63, 3.8) is 0 Å². The molecule has 2 aromatic carbocycles. The van der Waals surface area contributed by atoms with Crippen molar-refractivity contribution in [3.05, 3.63) is 66.1 Å². The van der Waals surface area contributed by atoms with E-state index in [1.165, 1.54) is 12.1 Å². The molecule has 20 heavy (non-hydrogen) atoms. The van der Waals surface area contributed by atoms with E-state index in [2.05, 4.69) is 4.98 Å². The number of hydrogen-bond acceptors (Lipinski definition) is 3. The Morgan fingerprint density at radius 1 is 1.00 bits per heavy atom. The van der Waals surface area contributed by atoms with Gasteiger partial charge in [0.2, 0.25) is 5.88 Å². The van der Waals surface area contributed by atoms with E-state index in [0.29, 0.717) is 18.2 Å². The lowest BCUT2D eigenvalue weighted by atomic mass is 10.1. The highest BCUT2D eigenvalue weighted by Gasteiger charge is 2.08. The largest absolute Gasteiger partial charge is 0.438 e. The zero-order chi connectivity index (χ0) is 13.9. The average Bonchev–Trinajstić information content (AvgIpc) is 2.50. The first-order valence-corrected chi connectivity index (χ1v) is 6.28. The van der Waals surface area contributed by atoms with Crippen LogP contribution in [-0.2, 0) is 6.54 Å². The molecule has 1 aromatic heterocycles. The summed E-state index contributed by atoms with van der Waals surface area (Å²) in [5.41, 5.74) is 6.68. The topological polar surface area (TPSA) is 48.1 Å². The smallest absolute Gasteiger partial charge is 0.227 e. The summed E-state index contributed by atoms with van der Waals surface area (Å²) in [5.74, 6) is 0.739. The second kappa shape index (κ2) is 5.27. The molecule has 0 bridgehead atoms. The highest BCUT2D eigenvalue weighted by atomic mass is 19.1. The van der Waals surface area contributed by atoms with Gasteiger partial charge in [-0.05, 0) is 41.3 Å². The molecule has 0 spiro atoms. The van der Waals surface area contributed by atoms with Crippen LogP contribution >= 0.6 is 0 Å². The fraction of sp³-hybridized carbons (Fsp3) is 0.0625. The maximum absolute atomic E-state index is 12.9. The average molecular weight is 268 g/mol. The Hall–Kier alpha value is -2.46. The minimum atomic E-state index is -0.298. The summed E-state index contributed by atoms with van der Waals surface area (Å²) in [6.45, 7) is 0.421. The molecule has 2 N–H and O–H groups in total. The molecule has 1 heterocycles. The number of hydrogen-bond donors (Lipinski definition) is 1. The Bertz CT molecular complexity index is 741. The van der Waals surface area contributed by atoms with Gasteiger partial charge in [0.15, 0.2) is 0 Å². The van der Waals surface area contributed by atoms with Crippen molar-refractivity contribution in [2.24, 2.45) is 5.73 Å². The highest BCUT2D eigenvalue weighted by Crippen LogP contribution is 2.29. The van der Waals surface area contributed by atoms with E-state index in [9.17, 15) is 4.39 Å². The van der Waals surface area contributed by atoms with Gasteiger partial charge in [0.05, 0.1) is 0 Å². The number of nitrogens with zero attached hydrogens (tertiary/aromatic N) is 1. The van der Waals surface area contributed by atoms with Gasteiger partial charge < -0.3 is 10.5 Å². The number of nitrogens with two attached hydrogens (primary N) is 1. The van der Waals surface area contributed by atoms with Crippen LogP contribution in [0.4, 0.5) is 4.39 Å². The van der Waals surface area contributed by atoms with Gasteiger partial charge in [0.1, 0.15) is 11.6 Å². The lowest BCUT2D eigenvalue weighted by Crippen LogP contribution is -1.99. The first-order valence-electron chi connectivity index (χ1n) is 6.28. The summed E-state index contributed by atoms with van der Waals surface area (Å²) in [6.07, 6.45) is 1.71. The summed E-state index contributed by atoms with van der Waals surface area (Å²) in [4.78, 5) is 4.30. The second-order valence-corrected chi connectivity index (χ2v) is 4.39. The molecule has 0 aliphatic carbocycles. The van der Waals surface area contributed by atoms with Gasteiger partial charge in [-0.2, -0.15) is 0 Å². The molecule has 0 aliphatic heterocycles. The van der Waals surface area contributed by atoms with Crippen molar-refractivity contribution in [2.75, 3.05) is 0 Å². The van der Waals surface area contributed by atoms with E-state index in [0.717, 1.165) is 16.3 Å². The van der Waals surface area contributed by atoms with Crippen LogP contribution in [0.1, 0.15) is 5.56 Å². The Kier molecular flexibility index (Phi) is 3.31. The molecule has 0 amide bonds. The molecule has 3 aromatic rings. The molecule has 0 aliphatic rings. The SMILES string of the molecule is NCc1cnc(Oc2ccc(F)cc2)c2ccccc12. The van der Waals surface area contributed by atoms with Crippen molar-refractivity contribution < 1.29 is 9.13 Å². The number of ether oxygens (including phenoxy) is 1. The van der Waals surface area contributed by atoms with Crippen LogP contribution in [-0.4, -0.2) is 4.98 Å². The third kappa shape index (κ3) is 2.33. The van der Waals surface area contributed by atoms with Crippen LogP contribution in [0.25, 0.3) is 10.8 Å². The molecule has 0 atom stereocenters. The van der Waals surface area contributed by atoms with Crippen molar-refractivity contribution in [3.8, 4) is 11.6 Å². The van der Waals surface area contributed by atoms with E-state index in [1.54, 1.807) is 18.3 Å². The number of halogens is 1. The Morgan fingerprint density at radius 2 is 1.70 bits per heavy atom. The van der Waals surface area contributed by atoms with Crippen LogP contribution in [0.2, 0.25) is 0 Å². The van der Waals surface area contributed by atoms with Gasteiger partial charge in [0.25, 0.3) is 0 Å². The predicted octanol–water partition coefficient (Wildman–Crippen LogP) is 3.62. The van der Waals surface area contributed by atoms with Crippen molar-refractivity contribution >= 4 is 10.8 Å². The molecule has 0 saturated heterocycles. The number of rotatable bonds is 3. The number of pyridine rings is 1. The molecule has 0 saturated carbocycles. The molecule has 3 nitrogen and oxygen atoms in total.